The lowest BCUT2D eigenvalue weighted by Gasteiger charge is -2.30. The van der Waals surface area contributed by atoms with E-state index in [2.05, 4.69) is 15.9 Å². The summed E-state index contributed by atoms with van der Waals surface area (Å²) >= 11 is 3.07. The summed E-state index contributed by atoms with van der Waals surface area (Å²) in [6, 6.07) is 2.78. The van der Waals surface area contributed by atoms with E-state index in [9.17, 15) is 8.78 Å². The molecule has 2 nitrogen and oxygen atoms in total. The maximum atomic E-state index is 13.8. The molecule has 6 heteroatoms. The van der Waals surface area contributed by atoms with E-state index >= 15 is 0 Å². The average molecular weight is 342 g/mol. The number of hydrogen-bond donors (Lipinski definition) is 1. The maximum Gasteiger partial charge on any atom is 0.144 e. The molecule has 0 saturated carbocycles. The highest BCUT2D eigenvalue weighted by atomic mass is 79.9. The number of likely N-dealkylation sites (tertiary alicyclic amines) is 1. The zero-order valence-corrected chi connectivity index (χ0v) is 12.2. The molecule has 0 unspecified atom stereocenters. The highest BCUT2D eigenvalue weighted by molar-refractivity contribution is 9.10. The molecule has 1 aliphatic rings. The van der Waals surface area contributed by atoms with Crippen molar-refractivity contribution >= 4 is 28.3 Å². The van der Waals surface area contributed by atoms with Crippen molar-refractivity contribution in [2.75, 3.05) is 13.1 Å². The number of nitrogens with two attached hydrogens (primary N) is 1. The largest absolute Gasteiger partial charge is 0.327 e. The first-order valence-electron chi connectivity index (χ1n) is 5.68. The minimum Gasteiger partial charge on any atom is -0.327 e. The summed E-state index contributed by atoms with van der Waals surface area (Å²) < 4.78 is 27.6. The molecule has 1 atom stereocenters. The van der Waals surface area contributed by atoms with Gasteiger partial charge in [0.2, 0.25) is 0 Å². The monoisotopic (exact) mass is 340 g/mol. The molecule has 18 heavy (non-hydrogen) atoms. The summed E-state index contributed by atoms with van der Waals surface area (Å²) in [6.45, 7) is 1.83. The van der Waals surface area contributed by atoms with Gasteiger partial charge in [-0.25, -0.2) is 8.78 Å². The van der Waals surface area contributed by atoms with Crippen molar-refractivity contribution in [3.8, 4) is 0 Å². The van der Waals surface area contributed by atoms with Crippen molar-refractivity contribution in [3.05, 3.63) is 33.8 Å². The van der Waals surface area contributed by atoms with Gasteiger partial charge in [0.25, 0.3) is 0 Å². The van der Waals surface area contributed by atoms with Gasteiger partial charge in [-0.3, -0.25) is 4.90 Å². The number of rotatable bonds is 2. The van der Waals surface area contributed by atoms with E-state index in [1.54, 1.807) is 0 Å². The summed E-state index contributed by atoms with van der Waals surface area (Å²) in [5.41, 5.74) is 5.97. The lowest BCUT2D eigenvalue weighted by atomic mass is 10.1. The molecule has 1 aromatic rings. The van der Waals surface area contributed by atoms with Gasteiger partial charge in [-0.1, -0.05) is 0 Å². The molecule has 0 radical (unpaired) electrons. The van der Waals surface area contributed by atoms with E-state index in [-0.39, 0.29) is 30.6 Å². The van der Waals surface area contributed by atoms with Crippen molar-refractivity contribution in [1.29, 1.82) is 0 Å². The number of benzene rings is 1. The zero-order valence-electron chi connectivity index (χ0n) is 9.83. The Morgan fingerprint density at radius 2 is 2.11 bits per heavy atom. The molecule has 0 bridgehead atoms. The van der Waals surface area contributed by atoms with Crippen molar-refractivity contribution in [2.24, 2.45) is 5.73 Å². The van der Waals surface area contributed by atoms with Crippen molar-refractivity contribution < 1.29 is 8.78 Å². The lowest BCUT2D eigenvalue weighted by Crippen LogP contribution is -2.42. The van der Waals surface area contributed by atoms with Gasteiger partial charge in [0.1, 0.15) is 11.6 Å². The molecule has 1 aromatic carbocycles. The summed E-state index contributed by atoms with van der Waals surface area (Å²) in [6.07, 6.45) is 1.97. The summed E-state index contributed by atoms with van der Waals surface area (Å²) in [4.78, 5) is 2.00. The molecule has 0 amide bonds. The summed E-state index contributed by atoms with van der Waals surface area (Å²) in [5.74, 6) is -1.01. The second-order valence-corrected chi connectivity index (χ2v) is 5.31. The van der Waals surface area contributed by atoms with Gasteiger partial charge >= 0.3 is 0 Å². The number of halogens is 4. The van der Waals surface area contributed by atoms with Crippen LogP contribution >= 0.6 is 28.3 Å². The highest BCUT2D eigenvalue weighted by Gasteiger charge is 2.20. The Bertz CT molecular complexity index is 417. The maximum absolute atomic E-state index is 13.8. The summed E-state index contributed by atoms with van der Waals surface area (Å²) in [5, 5.41) is 0. The molecule has 102 valence electrons. The van der Waals surface area contributed by atoms with Crippen molar-refractivity contribution in [1.82, 2.24) is 4.90 Å². The predicted molar refractivity (Wildman–Crippen MR) is 73.8 cm³/mol. The Morgan fingerprint density at radius 3 is 2.78 bits per heavy atom. The van der Waals surface area contributed by atoms with E-state index in [0.717, 1.165) is 19.4 Å². The van der Waals surface area contributed by atoms with Crippen LogP contribution in [0.15, 0.2) is 16.6 Å². The van der Waals surface area contributed by atoms with Gasteiger partial charge in [0, 0.05) is 24.7 Å². The first-order chi connectivity index (χ1) is 8.08. The fourth-order valence-electron chi connectivity index (χ4n) is 2.17. The van der Waals surface area contributed by atoms with Crippen LogP contribution in [0.4, 0.5) is 8.78 Å². The number of nitrogens with zero attached hydrogens (tertiary/aromatic N) is 1. The Balaban J connectivity index is 0.00000162. The standard InChI is InChI=1S/C12H15BrF2N2.ClH/c13-10-3-4-11(14)9(12(10)15)7-17-5-1-2-8(16)6-17;/h3-4,8H,1-2,5-7,16H2;1H/t8-;/m1./s1. The van der Waals surface area contributed by atoms with Crippen LogP contribution in [0.2, 0.25) is 0 Å². The predicted octanol–water partition coefficient (Wildman–Crippen LogP) is 3.07. The molecule has 0 aromatic heterocycles. The molecule has 1 aliphatic heterocycles. The second kappa shape index (κ2) is 6.80. The highest BCUT2D eigenvalue weighted by Crippen LogP contribution is 2.23. The lowest BCUT2D eigenvalue weighted by molar-refractivity contribution is 0.196. The van der Waals surface area contributed by atoms with Crippen LogP contribution in [-0.2, 0) is 6.54 Å². The van der Waals surface area contributed by atoms with Crippen molar-refractivity contribution in [3.63, 3.8) is 0 Å². The third-order valence-corrected chi connectivity index (χ3v) is 3.68. The quantitative estimate of drug-likeness (QED) is 0.838. The van der Waals surface area contributed by atoms with E-state index < -0.39 is 11.6 Å². The molecule has 0 aliphatic carbocycles. The molecule has 1 saturated heterocycles. The Labute approximate surface area is 120 Å². The van der Waals surface area contributed by atoms with Gasteiger partial charge in [0.15, 0.2) is 0 Å². The van der Waals surface area contributed by atoms with Gasteiger partial charge < -0.3 is 5.73 Å². The van der Waals surface area contributed by atoms with Crippen LogP contribution < -0.4 is 5.73 Å². The van der Waals surface area contributed by atoms with Gasteiger partial charge in [0.05, 0.1) is 4.47 Å². The normalized spacial score (nSPS) is 20.6. The second-order valence-electron chi connectivity index (χ2n) is 4.46. The number of piperidine rings is 1. The van der Waals surface area contributed by atoms with Crippen LogP contribution in [0, 0.1) is 11.6 Å². The Kier molecular flexibility index (Phi) is 5.98. The van der Waals surface area contributed by atoms with Crippen LogP contribution in [0.3, 0.4) is 0 Å². The first-order valence-corrected chi connectivity index (χ1v) is 6.47. The number of hydrogen-bond acceptors (Lipinski definition) is 2. The van der Waals surface area contributed by atoms with Crippen LogP contribution in [-0.4, -0.2) is 24.0 Å². The van der Waals surface area contributed by atoms with Gasteiger partial charge in [-0.15, -0.1) is 12.4 Å². The molecule has 0 spiro atoms. The van der Waals surface area contributed by atoms with Gasteiger partial charge in [-0.2, -0.15) is 0 Å². The third-order valence-electron chi connectivity index (χ3n) is 3.06. The van der Waals surface area contributed by atoms with E-state index in [4.69, 9.17) is 5.73 Å². The molecule has 1 heterocycles. The van der Waals surface area contributed by atoms with E-state index in [1.165, 1.54) is 12.1 Å². The topological polar surface area (TPSA) is 29.3 Å². The SMILES string of the molecule is Cl.N[C@@H]1CCCN(Cc2c(F)ccc(Br)c2F)C1. The third kappa shape index (κ3) is 3.63. The minimum atomic E-state index is -0.510. The molecule has 2 N–H and O–H groups in total. The average Bonchev–Trinajstić information content (AvgIpc) is 2.30. The van der Waals surface area contributed by atoms with Crippen molar-refractivity contribution in [2.45, 2.75) is 25.4 Å². The van der Waals surface area contributed by atoms with E-state index in [0.29, 0.717) is 11.0 Å². The Hall–Kier alpha value is -0.230. The fourth-order valence-corrected chi connectivity index (χ4v) is 2.54. The first kappa shape index (κ1) is 15.8. The molecule has 1 fully saturated rings. The van der Waals surface area contributed by atoms with Crippen LogP contribution in [0.25, 0.3) is 0 Å². The fraction of sp³-hybridized carbons (Fsp3) is 0.500. The van der Waals surface area contributed by atoms with E-state index in [1.807, 2.05) is 4.90 Å². The smallest absolute Gasteiger partial charge is 0.144 e. The Morgan fingerprint density at radius 1 is 1.39 bits per heavy atom. The van der Waals surface area contributed by atoms with Crippen LogP contribution in [0.5, 0.6) is 0 Å². The minimum absolute atomic E-state index is 0. The molecular formula is C12H16BrClF2N2. The van der Waals surface area contributed by atoms with Gasteiger partial charge in [-0.05, 0) is 47.4 Å². The summed E-state index contributed by atoms with van der Waals surface area (Å²) in [7, 11) is 0. The van der Waals surface area contributed by atoms with Crippen LogP contribution in [0.1, 0.15) is 18.4 Å². The molecular weight excluding hydrogens is 325 g/mol. The molecule has 2 rings (SSSR count). The zero-order chi connectivity index (χ0) is 12.4.